The average Bonchev–Trinajstić information content (AvgIpc) is 3.05. The second kappa shape index (κ2) is 6.95. The summed E-state index contributed by atoms with van der Waals surface area (Å²) < 4.78 is 0. The Kier molecular flexibility index (Phi) is 4.68. The van der Waals surface area contributed by atoms with Crippen molar-refractivity contribution in [3.63, 3.8) is 0 Å². The minimum Gasteiger partial charge on any atom is -0.335 e. The second-order valence-electron chi connectivity index (χ2n) is 7.67. The number of aryl methyl sites for hydroxylation is 1. The topological polar surface area (TPSA) is 33.2 Å². The van der Waals surface area contributed by atoms with E-state index in [9.17, 15) is 4.79 Å². The van der Waals surface area contributed by atoms with E-state index in [-0.39, 0.29) is 5.92 Å². The maximum absolute atomic E-state index is 13.0. The van der Waals surface area contributed by atoms with Crippen LogP contribution in [-0.2, 0) is 11.3 Å². The van der Waals surface area contributed by atoms with Crippen LogP contribution in [0.15, 0.2) is 24.3 Å². The number of halogens is 1. The fourth-order valence-corrected chi connectivity index (χ4v) is 4.31. The normalized spacial score (nSPS) is 18.5. The van der Waals surface area contributed by atoms with Gasteiger partial charge >= 0.3 is 0 Å². The third kappa shape index (κ3) is 3.39. The summed E-state index contributed by atoms with van der Waals surface area (Å²) >= 11 is 6.48. The molecule has 4 rings (SSSR count). The van der Waals surface area contributed by atoms with Gasteiger partial charge in [0.15, 0.2) is 0 Å². The summed E-state index contributed by atoms with van der Waals surface area (Å²) in [7, 11) is 0. The highest BCUT2D eigenvalue weighted by Gasteiger charge is 2.34. The van der Waals surface area contributed by atoms with Crippen molar-refractivity contribution in [3.8, 4) is 0 Å². The number of rotatable bonds is 4. The Morgan fingerprint density at radius 2 is 1.92 bits per heavy atom. The minimum absolute atomic E-state index is 0.232. The van der Waals surface area contributed by atoms with Crippen LogP contribution in [0.1, 0.15) is 56.1 Å². The summed E-state index contributed by atoms with van der Waals surface area (Å²) in [5, 5.41) is 1.63. The zero-order valence-electron chi connectivity index (χ0n) is 14.8. The van der Waals surface area contributed by atoms with Crippen LogP contribution in [0.25, 0.3) is 10.9 Å². The van der Waals surface area contributed by atoms with Crippen molar-refractivity contribution in [3.05, 3.63) is 40.5 Å². The van der Waals surface area contributed by atoms with Gasteiger partial charge in [-0.25, -0.2) is 4.98 Å². The van der Waals surface area contributed by atoms with Crippen molar-refractivity contribution in [1.82, 2.24) is 9.88 Å². The lowest BCUT2D eigenvalue weighted by molar-refractivity contribution is -0.141. The molecule has 1 aromatic heterocycles. The molecule has 2 aliphatic rings. The Labute approximate surface area is 154 Å². The summed E-state index contributed by atoms with van der Waals surface area (Å²) in [6, 6.07) is 8.69. The van der Waals surface area contributed by atoms with Gasteiger partial charge in [-0.3, -0.25) is 4.79 Å². The first-order valence-corrected chi connectivity index (χ1v) is 9.86. The summed E-state index contributed by atoms with van der Waals surface area (Å²) in [5.41, 5.74) is 3.09. The van der Waals surface area contributed by atoms with E-state index in [0.29, 0.717) is 23.6 Å². The highest BCUT2D eigenvalue weighted by Crippen LogP contribution is 2.34. The maximum Gasteiger partial charge on any atom is 0.226 e. The monoisotopic (exact) mass is 356 g/mol. The van der Waals surface area contributed by atoms with Crippen molar-refractivity contribution in [1.29, 1.82) is 0 Å². The molecular formula is C21H25ClN2O. The molecule has 0 radical (unpaired) electrons. The molecule has 0 spiro atoms. The van der Waals surface area contributed by atoms with Gasteiger partial charge in [0, 0.05) is 29.5 Å². The number of nitrogens with zero attached hydrogens (tertiary/aromatic N) is 2. The van der Waals surface area contributed by atoms with Gasteiger partial charge in [0.2, 0.25) is 5.91 Å². The molecule has 2 aromatic rings. The molecule has 2 fully saturated rings. The van der Waals surface area contributed by atoms with E-state index in [4.69, 9.17) is 11.6 Å². The molecule has 0 aliphatic heterocycles. The number of carbonyl (C=O) groups is 1. The van der Waals surface area contributed by atoms with Gasteiger partial charge in [-0.1, -0.05) is 42.5 Å². The lowest BCUT2D eigenvalue weighted by Crippen LogP contribution is -2.43. The molecule has 1 amide bonds. The number of pyridine rings is 1. The van der Waals surface area contributed by atoms with Crippen LogP contribution >= 0.6 is 11.6 Å². The number of fused-ring (bicyclic) bond motifs is 1. The van der Waals surface area contributed by atoms with Crippen molar-refractivity contribution in [2.45, 2.75) is 64.5 Å². The van der Waals surface area contributed by atoms with Crippen LogP contribution in [0, 0.1) is 12.8 Å². The van der Waals surface area contributed by atoms with Crippen LogP contribution in [-0.4, -0.2) is 21.8 Å². The summed E-state index contributed by atoms with van der Waals surface area (Å²) in [4.78, 5) is 19.7. The second-order valence-corrected chi connectivity index (χ2v) is 8.02. The lowest BCUT2D eigenvalue weighted by Gasteiger charge is -2.35. The lowest BCUT2D eigenvalue weighted by atomic mass is 9.84. The SMILES string of the molecule is Cc1ccc2nc(Cl)c(CN(C(=O)C3CCC3)C3CCCC3)cc2c1. The van der Waals surface area contributed by atoms with Gasteiger partial charge in [0.1, 0.15) is 5.15 Å². The number of amides is 1. The molecule has 4 heteroatoms. The van der Waals surface area contributed by atoms with Crippen LogP contribution in [0.2, 0.25) is 5.15 Å². The Bertz CT molecular complexity index is 794. The van der Waals surface area contributed by atoms with Gasteiger partial charge < -0.3 is 4.90 Å². The number of hydrogen-bond acceptors (Lipinski definition) is 2. The molecule has 0 atom stereocenters. The van der Waals surface area contributed by atoms with Crippen LogP contribution < -0.4 is 0 Å². The third-order valence-electron chi connectivity index (χ3n) is 5.84. The maximum atomic E-state index is 13.0. The fourth-order valence-electron chi connectivity index (χ4n) is 4.10. The highest BCUT2D eigenvalue weighted by molar-refractivity contribution is 6.30. The molecule has 0 bridgehead atoms. The zero-order chi connectivity index (χ0) is 17.4. The fraction of sp³-hybridized carbons (Fsp3) is 0.524. The number of benzene rings is 1. The van der Waals surface area contributed by atoms with Crippen LogP contribution in [0.4, 0.5) is 0 Å². The molecule has 132 valence electrons. The molecule has 2 saturated carbocycles. The standard InChI is InChI=1S/C21H25ClN2O/c1-14-9-10-19-16(11-14)12-17(20(22)23-19)13-24(18-7-2-3-8-18)21(25)15-5-4-6-15/h9-12,15,18H,2-8,13H2,1H3. The van der Waals surface area contributed by atoms with E-state index in [2.05, 4.69) is 35.0 Å². The van der Waals surface area contributed by atoms with Gasteiger partial charge in [-0.15, -0.1) is 0 Å². The largest absolute Gasteiger partial charge is 0.335 e. The van der Waals surface area contributed by atoms with E-state index in [1.54, 1.807) is 0 Å². The van der Waals surface area contributed by atoms with Gasteiger partial charge in [-0.05, 0) is 50.8 Å². The van der Waals surface area contributed by atoms with E-state index in [1.807, 2.05) is 6.07 Å². The first kappa shape index (κ1) is 16.8. The van der Waals surface area contributed by atoms with E-state index in [1.165, 1.54) is 24.8 Å². The molecular weight excluding hydrogens is 332 g/mol. The molecule has 0 saturated heterocycles. The highest BCUT2D eigenvalue weighted by atomic mass is 35.5. The Hall–Kier alpha value is -1.61. The molecule has 2 aliphatic carbocycles. The van der Waals surface area contributed by atoms with Crippen LogP contribution in [0.3, 0.4) is 0 Å². The molecule has 0 N–H and O–H groups in total. The Balaban J connectivity index is 1.65. The molecule has 1 heterocycles. The van der Waals surface area contributed by atoms with E-state index >= 15 is 0 Å². The van der Waals surface area contributed by atoms with E-state index < -0.39 is 0 Å². The van der Waals surface area contributed by atoms with Crippen molar-refractivity contribution in [2.24, 2.45) is 5.92 Å². The number of hydrogen-bond donors (Lipinski definition) is 0. The summed E-state index contributed by atoms with van der Waals surface area (Å²) in [6.07, 6.45) is 7.97. The van der Waals surface area contributed by atoms with Gasteiger partial charge in [0.05, 0.1) is 5.52 Å². The number of carbonyl (C=O) groups excluding carboxylic acids is 1. The average molecular weight is 357 g/mol. The van der Waals surface area contributed by atoms with Crippen molar-refractivity contribution in [2.75, 3.05) is 0 Å². The molecule has 0 unspecified atom stereocenters. The first-order valence-electron chi connectivity index (χ1n) is 9.48. The number of aromatic nitrogens is 1. The predicted molar refractivity (Wildman–Crippen MR) is 102 cm³/mol. The smallest absolute Gasteiger partial charge is 0.226 e. The van der Waals surface area contributed by atoms with Gasteiger partial charge in [0.25, 0.3) is 0 Å². The predicted octanol–water partition coefficient (Wildman–Crippen LogP) is 5.27. The quantitative estimate of drug-likeness (QED) is 0.699. The van der Waals surface area contributed by atoms with Crippen LogP contribution in [0.5, 0.6) is 0 Å². The summed E-state index contributed by atoms with van der Waals surface area (Å²) in [5.74, 6) is 0.564. The summed E-state index contributed by atoms with van der Waals surface area (Å²) in [6.45, 7) is 2.67. The molecule has 1 aromatic carbocycles. The molecule has 3 nitrogen and oxygen atoms in total. The van der Waals surface area contributed by atoms with E-state index in [0.717, 1.165) is 42.1 Å². The zero-order valence-corrected chi connectivity index (χ0v) is 15.6. The Morgan fingerprint density at radius 3 is 2.60 bits per heavy atom. The third-order valence-corrected chi connectivity index (χ3v) is 6.17. The van der Waals surface area contributed by atoms with Crippen molar-refractivity contribution < 1.29 is 4.79 Å². The van der Waals surface area contributed by atoms with Gasteiger partial charge in [-0.2, -0.15) is 0 Å². The Morgan fingerprint density at radius 1 is 1.16 bits per heavy atom. The minimum atomic E-state index is 0.232. The first-order chi connectivity index (χ1) is 12.1. The molecule has 25 heavy (non-hydrogen) atoms. The van der Waals surface area contributed by atoms with Crippen molar-refractivity contribution >= 4 is 28.4 Å².